The van der Waals surface area contributed by atoms with E-state index in [9.17, 15) is 18.0 Å². The zero-order valence-corrected chi connectivity index (χ0v) is 14.5. The smallest absolute Gasteiger partial charge is 0.430 e. The van der Waals surface area contributed by atoms with Gasteiger partial charge in [-0.3, -0.25) is 10.00 Å². The van der Waals surface area contributed by atoms with E-state index in [0.717, 1.165) is 31.6 Å². The van der Waals surface area contributed by atoms with E-state index in [1.807, 2.05) is 11.6 Å². The van der Waals surface area contributed by atoms with E-state index in [-0.39, 0.29) is 23.0 Å². The molecule has 10 heteroatoms. The number of hydrogen-bond donors (Lipinski definition) is 2. The van der Waals surface area contributed by atoms with Crippen molar-refractivity contribution in [3.63, 3.8) is 0 Å². The summed E-state index contributed by atoms with van der Waals surface area (Å²) in [6.07, 6.45) is -5.15. The maximum absolute atomic E-state index is 13.5. The van der Waals surface area contributed by atoms with E-state index in [4.69, 9.17) is 0 Å². The molecule has 2 aliphatic rings. The highest BCUT2D eigenvalue weighted by Gasteiger charge is 2.49. The number of rotatable bonds is 2. The average molecular weight is 381 g/mol. The number of anilines is 1. The van der Waals surface area contributed by atoms with Crippen molar-refractivity contribution in [2.24, 2.45) is 0 Å². The van der Waals surface area contributed by atoms with Gasteiger partial charge in [-0.05, 0) is 45.0 Å². The van der Waals surface area contributed by atoms with Gasteiger partial charge >= 0.3 is 12.3 Å². The first kappa shape index (κ1) is 17.8. The third-order valence-electron chi connectivity index (χ3n) is 4.85. The number of cyclic esters (lactones) is 1. The molecule has 7 nitrogen and oxygen atoms in total. The first-order valence-corrected chi connectivity index (χ1v) is 8.65. The van der Waals surface area contributed by atoms with Crippen LogP contribution in [0, 0.1) is 6.92 Å². The van der Waals surface area contributed by atoms with Gasteiger partial charge in [0.25, 0.3) is 0 Å². The van der Waals surface area contributed by atoms with E-state index in [1.165, 1.54) is 12.3 Å². The second kappa shape index (κ2) is 6.52. The summed E-state index contributed by atoms with van der Waals surface area (Å²) < 4.78 is 46.9. The van der Waals surface area contributed by atoms with Gasteiger partial charge in [-0.2, -0.15) is 18.3 Å². The third kappa shape index (κ3) is 3.25. The fourth-order valence-electron chi connectivity index (χ4n) is 3.62. The van der Waals surface area contributed by atoms with Gasteiger partial charge in [0, 0.05) is 17.5 Å². The zero-order valence-electron chi connectivity index (χ0n) is 14.5. The number of halogens is 3. The molecule has 1 saturated heterocycles. The van der Waals surface area contributed by atoms with Gasteiger partial charge in [-0.25, -0.2) is 9.78 Å². The third-order valence-corrected chi connectivity index (χ3v) is 4.85. The van der Waals surface area contributed by atoms with Crippen molar-refractivity contribution < 1.29 is 22.7 Å². The Morgan fingerprint density at radius 3 is 2.74 bits per heavy atom. The number of ether oxygens (including phenoxy) is 1. The van der Waals surface area contributed by atoms with Crippen LogP contribution in [-0.4, -0.2) is 40.1 Å². The Bertz CT molecular complexity index is 874. The van der Waals surface area contributed by atoms with Crippen LogP contribution in [0.15, 0.2) is 18.3 Å². The lowest BCUT2D eigenvalue weighted by molar-refractivity contribution is -0.206. The van der Waals surface area contributed by atoms with Crippen LogP contribution >= 0.6 is 0 Å². The molecule has 0 unspecified atom stereocenters. The fourth-order valence-corrected chi connectivity index (χ4v) is 3.62. The predicted molar refractivity (Wildman–Crippen MR) is 90.2 cm³/mol. The molecule has 1 amide bonds. The van der Waals surface area contributed by atoms with Crippen LogP contribution < -0.4 is 10.6 Å². The van der Waals surface area contributed by atoms with Gasteiger partial charge in [-0.1, -0.05) is 0 Å². The molecule has 2 aliphatic heterocycles. The number of aromatic nitrogens is 3. The molecule has 0 radical (unpaired) electrons. The molecule has 144 valence electrons. The number of piperidine rings is 1. The zero-order chi connectivity index (χ0) is 19.2. The summed E-state index contributed by atoms with van der Waals surface area (Å²) in [7, 11) is 0. The monoisotopic (exact) mass is 381 g/mol. The normalized spacial score (nSPS) is 20.7. The van der Waals surface area contributed by atoms with Gasteiger partial charge in [0.2, 0.25) is 6.10 Å². The molecule has 4 heterocycles. The minimum absolute atomic E-state index is 0.153. The molecule has 0 bridgehead atoms. The number of carbonyl (C=O) groups excluding carboxylic acids is 1. The van der Waals surface area contributed by atoms with Crippen LogP contribution in [0.1, 0.15) is 36.2 Å². The van der Waals surface area contributed by atoms with Crippen molar-refractivity contribution in [3.05, 3.63) is 29.6 Å². The number of pyridine rings is 1. The maximum atomic E-state index is 13.5. The molecule has 0 saturated carbocycles. The summed E-state index contributed by atoms with van der Waals surface area (Å²) in [4.78, 5) is 15.4. The molecular weight excluding hydrogens is 363 g/mol. The van der Waals surface area contributed by atoms with E-state index in [1.54, 1.807) is 6.07 Å². The number of fused-ring (bicyclic) bond motifs is 1. The summed E-state index contributed by atoms with van der Waals surface area (Å²) in [6.45, 7) is 3.63. The Hall–Kier alpha value is -2.62. The molecule has 4 rings (SSSR count). The molecule has 2 aromatic heterocycles. The number of amides is 1. The van der Waals surface area contributed by atoms with Crippen LogP contribution in [0.25, 0.3) is 11.3 Å². The number of alkyl halides is 3. The van der Waals surface area contributed by atoms with Gasteiger partial charge in [0.1, 0.15) is 5.82 Å². The molecule has 0 aliphatic carbocycles. The summed E-state index contributed by atoms with van der Waals surface area (Å²) in [5.41, 5.74) is 1.29. The molecule has 0 spiro atoms. The SMILES string of the molecule is Cc1cc(-c2ccnc3c2[C@H](C(F)(F)F)OC(=O)N3)nn1C1CCNCC1. The second-order valence-electron chi connectivity index (χ2n) is 6.67. The van der Waals surface area contributed by atoms with Crippen molar-refractivity contribution in [1.29, 1.82) is 0 Å². The lowest BCUT2D eigenvalue weighted by atomic mass is 9.99. The van der Waals surface area contributed by atoms with Crippen LogP contribution in [-0.2, 0) is 4.74 Å². The van der Waals surface area contributed by atoms with Crippen molar-refractivity contribution in [3.8, 4) is 11.3 Å². The molecule has 2 N–H and O–H groups in total. The van der Waals surface area contributed by atoms with Gasteiger partial charge < -0.3 is 10.1 Å². The Morgan fingerprint density at radius 1 is 1.30 bits per heavy atom. The highest BCUT2D eigenvalue weighted by Crippen LogP contribution is 2.45. The number of nitrogens with zero attached hydrogens (tertiary/aromatic N) is 3. The van der Waals surface area contributed by atoms with Crippen molar-refractivity contribution in [1.82, 2.24) is 20.1 Å². The van der Waals surface area contributed by atoms with Crippen LogP contribution in [0.2, 0.25) is 0 Å². The minimum Gasteiger partial charge on any atom is -0.431 e. The standard InChI is InChI=1S/C17H18F3N5O2/c1-9-8-12(24-25(9)10-2-5-21-6-3-10)11-4-7-22-15-13(11)14(17(18,19)20)27-16(26)23-15/h4,7-8,10,14,21H,2-3,5-6H2,1H3,(H,22,23,26)/t14-/m1/s1. The van der Waals surface area contributed by atoms with E-state index in [2.05, 4.69) is 25.5 Å². The quantitative estimate of drug-likeness (QED) is 0.834. The number of hydrogen-bond acceptors (Lipinski definition) is 5. The van der Waals surface area contributed by atoms with E-state index < -0.39 is 18.4 Å². The maximum Gasteiger partial charge on any atom is 0.430 e. The molecule has 0 aromatic carbocycles. The molecular formula is C17H18F3N5O2. The van der Waals surface area contributed by atoms with Gasteiger partial charge in [-0.15, -0.1) is 0 Å². The summed E-state index contributed by atoms with van der Waals surface area (Å²) in [6, 6.07) is 3.42. The summed E-state index contributed by atoms with van der Waals surface area (Å²) in [5, 5.41) is 10.1. The summed E-state index contributed by atoms with van der Waals surface area (Å²) >= 11 is 0. The lowest BCUT2D eigenvalue weighted by Crippen LogP contribution is -2.34. The number of nitrogens with one attached hydrogen (secondary N) is 2. The number of carbonyl (C=O) groups is 1. The van der Waals surface area contributed by atoms with Crippen molar-refractivity contribution in [2.45, 2.75) is 38.1 Å². The highest BCUT2D eigenvalue weighted by molar-refractivity contribution is 5.89. The van der Waals surface area contributed by atoms with Crippen LogP contribution in [0.5, 0.6) is 0 Å². The highest BCUT2D eigenvalue weighted by atomic mass is 19.4. The largest absolute Gasteiger partial charge is 0.431 e. The molecule has 2 aromatic rings. The predicted octanol–water partition coefficient (Wildman–Crippen LogP) is 3.34. The lowest BCUT2D eigenvalue weighted by Gasteiger charge is -2.28. The number of aryl methyl sites for hydroxylation is 1. The fraction of sp³-hybridized carbons (Fsp3) is 0.471. The Balaban J connectivity index is 1.80. The van der Waals surface area contributed by atoms with Crippen molar-refractivity contribution >= 4 is 11.9 Å². The topological polar surface area (TPSA) is 81.1 Å². The molecule has 27 heavy (non-hydrogen) atoms. The molecule has 1 atom stereocenters. The second-order valence-corrected chi connectivity index (χ2v) is 6.67. The van der Waals surface area contributed by atoms with E-state index in [0.29, 0.717) is 5.69 Å². The average Bonchev–Trinajstić information content (AvgIpc) is 3.02. The van der Waals surface area contributed by atoms with Gasteiger partial charge in [0.15, 0.2) is 0 Å². The first-order valence-electron chi connectivity index (χ1n) is 8.65. The van der Waals surface area contributed by atoms with Gasteiger partial charge in [0.05, 0.1) is 17.3 Å². The Labute approximate surface area is 152 Å². The van der Waals surface area contributed by atoms with Crippen LogP contribution in [0.3, 0.4) is 0 Å². The Kier molecular flexibility index (Phi) is 4.29. The Morgan fingerprint density at radius 2 is 2.04 bits per heavy atom. The summed E-state index contributed by atoms with van der Waals surface area (Å²) in [5.74, 6) is -0.153. The molecule has 1 fully saturated rings. The van der Waals surface area contributed by atoms with Crippen molar-refractivity contribution in [2.75, 3.05) is 18.4 Å². The minimum atomic E-state index is -4.75. The van der Waals surface area contributed by atoms with E-state index >= 15 is 0 Å². The first-order chi connectivity index (χ1) is 12.8. The van der Waals surface area contributed by atoms with Crippen LogP contribution in [0.4, 0.5) is 23.8 Å².